The standard InChI is InChI=1S/C17H15N5O/c18-8-12-9-20-22(10-12)15-4-6-21(11-15)17(23)14-1-2-16-13(7-14)3-5-19-16/h1-3,5,7,9-10,15,19H,4,6,11H2. The van der Waals surface area contributed by atoms with Gasteiger partial charge in [0.2, 0.25) is 0 Å². The summed E-state index contributed by atoms with van der Waals surface area (Å²) in [6.45, 7) is 1.33. The molecule has 1 unspecified atom stereocenters. The van der Waals surface area contributed by atoms with Crippen LogP contribution in [0.5, 0.6) is 0 Å². The first-order valence-electron chi connectivity index (χ1n) is 7.55. The van der Waals surface area contributed by atoms with Crippen molar-refractivity contribution in [2.45, 2.75) is 12.5 Å². The van der Waals surface area contributed by atoms with Gasteiger partial charge < -0.3 is 9.88 Å². The van der Waals surface area contributed by atoms with Crippen molar-refractivity contribution in [3.8, 4) is 6.07 Å². The van der Waals surface area contributed by atoms with Gasteiger partial charge in [-0.05, 0) is 30.7 Å². The van der Waals surface area contributed by atoms with Gasteiger partial charge in [-0.25, -0.2) is 0 Å². The maximum Gasteiger partial charge on any atom is 0.253 e. The third-order valence-electron chi connectivity index (χ3n) is 4.36. The Balaban J connectivity index is 1.52. The van der Waals surface area contributed by atoms with Crippen molar-refractivity contribution in [3.63, 3.8) is 0 Å². The fraction of sp³-hybridized carbons (Fsp3) is 0.235. The molecule has 1 amide bonds. The van der Waals surface area contributed by atoms with Crippen LogP contribution in [0.3, 0.4) is 0 Å². The Bertz CT molecular complexity index is 916. The molecule has 0 saturated carbocycles. The largest absolute Gasteiger partial charge is 0.361 e. The Morgan fingerprint density at radius 2 is 2.30 bits per heavy atom. The van der Waals surface area contributed by atoms with Crippen molar-refractivity contribution < 1.29 is 4.79 Å². The summed E-state index contributed by atoms with van der Waals surface area (Å²) >= 11 is 0. The van der Waals surface area contributed by atoms with Gasteiger partial charge in [0.1, 0.15) is 6.07 Å². The number of aromatic nitrogens is 3. The molecule has 6 heteroatoms. The molecule has 23 heavy (non-hydrogen) atoms. The van der Waals surface area contributed by atoms with Crippen LogP contribution in [0.2, 0.25) is 0 Å². The van der Waals surface area contributed by atoms with E-state index >= 15 is 0 Å². The average Bonchev–Trinajstić information content (AvgIpc) is 3.31. The van der Waals surface area contributed by atoms with Crippen LogP contribution in [0.25, 0.3) is 10.9 Å². The minimum Gasteiger partial charge on any atom is -0.361 e. The molecule has 1 atom stereocenters. The Morgan fingerprint density at radius 3 is 3.13 bits per heavy atom. The highest BCUT2D eigenvalue weighted by molar-refractivity contribution is 5.98. The Labute approximate surface area is 132 Å². The number of amides is 1. The van der Waals surface area contributed by atoms with Gasteiger partial charge in [-0.3, -0.25) is 9.48 Å². The number of fused-ring (bicyclic) bond motifs is 1. The number of aromatic amines is 1. The molecule has 0 spiro atoms. The van der Waals surface area contributed by atoms with Gasteiger partial charge >= 0.3 is 0 Å². The number of likely N-dealkylation sites (tertiary alicyclic amines) is 1. The van der Waals surface area contributed by atoms with Gasteiger partial charge in [0, 0.05) is 41.9 Å². The lowest BCUT2D eigenvalue weighted by atomic mass is 10.1. The number of benzene rings is 1. The van der Waals surface area contributed by atoms with E-state index in [1.54, 1.807) is 17.1 Å². The topological polar surface area (TPSA) is 77.7 Å². The van der Waals surface area contributed by atoms with E-state index in [1.165, 1.54) is 0 Å². The molecule has 4 rings (SSSR count). The lowest BCUT2D eigenvalue weighted by Crippen LogP contribution is -2.29. The number of carbonyl (C=O) groups excluding carboxylic acids is 1. The van der Waals surface area contributed by atoms with Crippen LogP contribution < -0.4 is 0 Å². The molecule has 3 aromatic rings. The minimum absolute atomic E-state index is 0.0447. The highest BCUT2D eigenvalue weighted by Gasteiger charge is 2.28. The summed E-state index contributed by atoms with van der Waals surface area (Å²) in [5.41, 5.74) is 2.28. The highest BCUT2D eigenvalue weighted by atomic mass is 16.2. The van der Waals surface area contributed by atoms with Crippen molar-refractivity contribution in [3.05, 3.63) is 54.0 Å². The van der Waals surface area contributed by atoms with E-state index in [4.69, 9.17) is 5.26 Å². The zero-order valence-corrected chi connectivity index (χ0v) is 12.4. The van der Waals surface area contributed by atoms with E-state index in [-0.39, 0.29) is 11.9 Å². The van der Waals surface area contributed by atoms with Gasteiger partial charge in [-0.15, -0.1) is 0 Å². The first-order valence-corrected chi connectivity index (χ1v) is 7.55. The Hall–Kier alpha value is -3.07. The summed E-state index contributed by atoms with van der Waals surface area (Å²) in [6, 6.07) is 9.89. The first-order chi connectivity index (χ1) is 11.2. The van der Waals surface area contributed by atoms with Crippen molar-refractivity contribution in [2.24, 2.45) is 0 Å². The molecule has 3 heterocycles. The molecule has 1 aliphatic rings. The Morgan fingerprint density at radius 1 is 1.39 bits per heavy atom. The van der Waals surface area contributed by atoms with E-state index in [9.17, 15) is 4.79 Å². The summed E-state index contributed by atoms with van der Waals surface area (Å²) in [6.07, 6.45) is 6.02. The quantitative estimate of drug-likeness (QED) is 0.789. The van der Waals surface area contributed by atoms with Crippen molar-refractivity contribution in [2.75, 3.05) is 13.1 Å². The predicted octanol–water partition coefficient (Wildman–Crippen LogP) is 2.32. The fourth-order valence-corrected chi connectivity index (χ4v) is 3.11. The van der Waals surface area contributed by atoms with E-state index in [1.807, 2.05) is 35.4 Å². The van der Waals surface area contributed by atoms with E-state index in [2.05, 4.69) is 16.2 Å². The molecule has 114 valence electrons. The molecule has 0 bridgehead atoms. The summed E-state index contributed by atoms with van der Waals surface area (Å²) in [7, 11) is 0. The second-order valence-corrected chi connectivity index (χ2v) is 5.79. The van der Waals surface area contributed by atoms with Gasteiger partial charge in [0.15, 0.2) is 0 Å². The number of nitrogens with one attached hydrogen (secondary N) is 1. The van der Waals surface area contributed by atoms with Crippen molar-refractivity contribution >= 4 is 16.8 Å². The summed E-state index contributed by atoms with van der Waals surface area (Å²) in [5.74, 6) is 0.0447. The molecule has 6 nitrogen and oxygen atoms in total. The molecule has 1 fully saturated rings. The molecule has 0 radical (unpaired) electrons. The van der Waals surface area contributed by atoms with Gasteiger partial charge in [0.25, 0.3) is 5.91 Å². The number of rotatable bonds is 2. The smallest absolute Gasteiger partial charge is 0.253 e. The molecule has 2 aromatic heterocycles. The predicted molar refractivity (Wildman–Crippen MR) is 84.8 cm³/mol. The van der Waals surface area contributed by atoms with Crippen LogP contribution in [0.1, 0.15) is 28.4 Å². The number of H-pyrrole nitrogens is 1. The van der Waals surface area contributed by atoms with Crippen LogP contribution in [-0.2, 0) is 0 Å². The number of nitriles is 1. The van der Waals surface area contributed by atoms with Crippen LogP contribution in [0, 0.1) is 11.3 Å². The third-order valence-corrected chi connectivity index (χ3v) is 4.36. The van der Waals surface area contributed by atoms with Crippen LogP contribution >= 0.6 is 0 Å². The molecule has 1 aliphatic heterocycles. The van der Waals surface area contributed by atoms with Gasteiger partial charge in [-0.1, -0.05) is 0 Å². The molecule has 0 aliphatic carbocycles. The number of hydrogen-bond donors (Lipinski definition) is 1. The molecular weight excluding hydrogens is 290 g/mol. The molecule has 1 saturated heterocycles. The normalized spacial score (nSPS) is 17.5. The van der Waals surface area contributed by atoms with Crippen molar-refractivity contribution in [1.82, 2.24) is 19.7 Å². The second kappa shape index (κ2) is 5.29. The third kappa shape index (κ3) is 2.36. The summed E-state index contributed by atoms with van der Waals surface area (Å²) in [5, 5.41) is 14.1. The maximum absolute atomic E-state index is 12.7. The van der Waals surface area contributed by atoms with E-state index in [0.29, 0.717) is 24.2 Å². The average molecular weight is 305 g/mol. The Kier molecular flexibility index (Phi) is 3.12. The SMILES string of the molecule is N#Cc1cnn(C2CCN(C(=O)c3ccc4[nH]ccc4c3)C2)c1. The molecule has 1 N–H and O–H groups in total. The molecule has 1 aromatic carbocycles. The monoisotopic (exact) mass is 305 g/mol. The number of carbonyl (C=O) groups is 1. The first kappa shape index (κ1) is 13.6. The van der Waals surface area contributed by atoms with Crippen molar-refractivity contribution in [1.29, 1.82) is 5.26 Å². The summed E-state index contributed by atoms with van der Waals surface area (Å²) < 4.78 is 1.79. The van der Waals surface area contributed by atoms with Gasteiger partial charge in [0.05, 0.1) is 17.8 Å². The molecular formula is C17H15N5O. The highest BCUT2D eigenvalue weighted by Crippen LogP contribution is 2.24. The second-order valence-electron chi connectivity index (χ2n) is 5.79. The minimum atomic E-state index is 0.0447. The maximum atomic E-state index is 12.7. The van der Waals surface area contributed by atoms with Crippen LogP contribution in [0.15, 0.2) is 42.9 Å². The lowest BCUT2D eigenvalue weighted by Gasteiger charge is -2.17. The van der Waals surface area contributed by atoms with E-state index < -0.39 is 0 Å². The van der Waals surface area contributed by atoms with Gasteiger partial charge in [-0.2, -0.15) is 10.4 Å². The summed E-state index contributed by atoms with van der Waals surface area (Å²) in [4.78, 5) is 17.7. The zero-order chi connectivity index (χ0) is 15.8. The zero-order valence-electron chi connectivity index (χ0n) is 12.4. The van der Waals surface area contributed by atoms with Crippen LogP contribution in [0.4, 0.5) is 0 Å². The number of hydrogen-bond acceptors (Lipinski definition) is 3. The fourth-order valence-electron chi connectivity index (χ4n) is 3.11. The lowest BCUT2D eigenvalue weighted by molar-refractivity contribution is 0.0787. The van der Waals surface area contributed by atoms with E-state index in [0.717, 1.165) is 17.3 Å². The number of nitrogens with zero attached hydrogens (tertiary/aromatic N) is 4. The van der Waals surface area contributed by atoms with Crippen LogP contribution in [-0.4, -0.2) is 38.7 Å².